The molecule has 0 aromatic rings. The minimum Gasteiger partial charge on any atom is -0.462 e. The van der Waals surface area contributed by atoms with Crippen LogP contribution in [0.2, 0.25) is 0 Å². The normalized spacial score (nSPS) is 12.3. The lowest BCUT2D eigenvalue weighted by Gasteiger charge is -2.18. The van der Waals surface area contributed by atoms with Crippen LogP contribution in [0.25, 0.3) is 0 Å². The number of allylic oxidation sites excluding steroid dienone is 4. The molecule has 0 aromatic carbocycles. The highest BCUT2D eigenvalue weighted by Crippen LogP contribution is 2.16. The molecule has 0 unspecified atom stereocenters. The average Bonchev–Trinajstić information content (AvgIpc) is 3.22. The summed E-state index contributed by atoms with van der Waals surface area (Å²) in [5.74, 6) is -0.397. The quantitative estimate of drug-likeness (QED) is 0.0348. The van der Waals surface area contributed by atoms with Crippen molar-refractivity contribution in [3.05, 3.63) is 24.3 Å². The maximum Gasteiger partial charge on any atom is 0.306 e. The largest absolute Gasteiger partial charge is 0.462 e. The number of hydrogen-bond acceptors (Lipinski definition) is 5. The van der Waals surface area contributed by atoms with Crippen LogP contribution in [0.5, 0.6) is 0 Å². The fourth-order valence-corrected chi connectivity index (χ4v) is 7.60. The first kappa shape index (κ1) is 56.4. The Kier molecular flexibility index (Phi) is 48.4. The van der Waals surface area contributed by atoms with Gasteiger partial charge in [-0.2, -0.15) is 0 Å². The van der Waals surface area contributed by atoms with Gasteiger partial charge in [0, 0.05) is 19.4 Å². The third-order valence-electron chi connectivity index (χ3n) is 11.5. The molecular weight excluding hydrogens is 717 g/mol. The molecular formula is C53H100O5. The molecule has 0 amide bonds. The van der Waals surface area contributed by atoms with Gasteiger partial charge in [-0.1, -0.05) is 238 Å². The first-order valence-corrected chi connectivity index (χ1v) is 25.9. The van der Waals surface area contributed by atoms with Gasteiger partial charge in [0.15, 0.2) is 6.10 Å². The summed E-state index contributed by atoms with van der Waals surface area (Å²) < 4.78 is 17.4. The van der Waals surface area contributed by atoms with Gasteiger partial charge in [-0.25, -0.2) is 0 Å². The van der Waals surface area contributed by atoms with E-state index in [0.717, 1.165) is 51.4 Å². The molecule has 1 atom stereocenters. The van der Waals surface area contributed by atoms with Crippen molar-refractivity contribution in [2.24, 2.45) is 0 Å². The Bertz CT molecular complexity index is 882. The van der Waals surface area contributed by atoms with E-state index in [1.165, 1.54) is 193 Å². The van der Waals surface area contributed by atoms with E-state index in [9.17, 15) is 9.59 Å². The Hall–Kier alpha value is -1.62. The van der Waals surface area contributed by atoms with Crippen molar-refractivity contribution in [1.82, 2.24) is 0 Å². The summed E-state index contributed by atoms with van der Waals surface area (Å²) in [6, 6.07) is 0. The number of unbranched alkanes of at least 4 members (excludes halogenated alkanes) is 33. The molecule has 0 heterocycles. The Morgan fingerprint density at radius 3 is 1.17 bits per heavy atom. The summed E-state index contributed by atoms with van der Waals surface area (Å²) in [5, 5.41) is 0. The van der Waals surface area contributed by atoms with Crippen LogP contribution >= 0.6 is 0 Å². The van der Waals surface area contributed by atoms with E-state index in [-0.39, 0.29) is 18.5 Å². The first-order chi connectivity index (χ1) is 28.6. The molecule has 5 heteroatoms. The molecule has 0 spiro atoms. The van der Waals surface area contributed by atoms with Gasteiger partial charge in [-0.05, 0) is 51.4 Å². The van der Waals surface area contributed by atoms with Gasteiger partial charge < -0.3 is 14.2 Å². The summed E-state index contributed by atoms with van der Waals surface area (Å²) in [6.45, 7) is 7.83. The number of rotatable bonds is 48. The Balaban J connectivity index is 4.21. The van der Waals surface area contributed by atoms with Gasteiger partial charge in [0.25, 0.3) is 0 Å². The zero-order chi connectivity index (χ0) is 42.1. The highest BCUT2D eigenvalue weighted by Gasteiger charge is 2.17. The van der Waals surface area contributed by atoms with E-state index in [2.05, 4.69) is 45.1 Å². The summed E-state index contributed by atoms with van der Waals surface area (Å²) in [4.78, 5) is 25.3. The maximum atomic E-state index is 12.8. The van der Waals surface area contributed by atoms with Crippen molar-refractivity contribution in [1.29, 1.82) is 0 Å². The third kappa shape index (κ3) is 47.1. The van der Waals surface area contributed by atoms with Crippen LogP contribution in [-0.4, -0.2) is 37.9 Å². The van der Waals surface area contributed by atoms with E-state index >= 15 is 0 Å². The van der Waals surface area contributed by atoms with E-state index in [1.54, 1.807) is 0 Å². The smallest absolute Gasteiger partial charge is 0.306 e. The van der Waals surface area contributed by atoms with Crippen LogP contribution < -0.4 is 0 Å². The zero-order valence-corrected chi connectivity index (χ0v) is 39.3. The van der Waals surface area contributed by atoms with Crippen molar-refractivity contribution in [3.8, 4) is 0 Å². The SMILES string of the molecule is CCCCC/C=C\C/C=C\CCCCCCCC(=O)OC[C@@H](COCCCCCCCCCCCCCCCCCC)OC(=O)CCCCCCCCCCCCC. The number of hydrogen-bond donors (Lipinski definition) is 0. The van der Waals surface area contributed by atoms with Crippen molar-refractivity contribution < 1.29 is 23.8 Å². The lowest BCUT2D eigenvalue weighted by molar-refractivity contribution is -0.163. The minimum absolute atomic E-state index is 0.0854. The summed E-state index contributed by atoms with van der Waals surface area (Å²) in [6.07, 6.45) is 57.5. The van der Waals surface area contributed by atoms with Gasteiger partial charge in [-0.15, -0.1) is 0 Å². The molecule has 0 aliphatic heterocycles. The van der Waals surface area contributed by atoms with Crippen molar-refractivity contribution >= 4 is 11.9 Å². The van der Waals surface area contributed by atoms with Gasteiger partial charge in [0.2, 0.25) is 0 Å². The molecule has 0 saturated heterocycles. The van der Waals surface area contributed by atoms with Crippen LogP contribution in [0.4, 0.5) is 0 Å². The summed E-state index contributed by atoms with van der Waals surface area (Å²) >= 11 is 0. The van der Waals surface area contributed by atoms with Crippen molar-refractivity contribution in [3.63, 3.8) is 0 Å². The van der Waals surface area contributed by atoms with E-state index in [0.29, 0.717) is 26.1 Å². The predicted octanol–water partition coefficient (Wildman–Crippen LogP) is 17.2. The monoisotopic (exact) mass is 817 g/mol. The van der Waals surface area contributed by atoms with Gasteiger partial charge >= 0.3 is 11.9 Å². The maximum absolute atomic E-state index is 12.8. The lowest BCUT2D eigenvalue weighted by Crippen LogP contribution is -2.30. The molecule has 0 fully saturated rings. The predicted molar refractivity (Wildman–Crippen MR) is 252 cm³/mol. The van der Waals surface area contributed by atoms with Gasteiger partial charge in [0.05, 0.1) is 6.61 Å². The molecule has 342 valence electrons. The number of carbonyl (C=O) groups excluding carboxylic acids is 2. The molecule has 58 heavy (non-hydrogen) atoms. The second-order valence-electron chi connectivity index (χ2n) is 17.4. The zero-order valence-electron chi connectivity index (χ0n) is 39.3. The average molecular weight is 817 g/mol. The Morgan fingerprint density at radius 1 is 0.379 bits per heavy atom. The third-order valence-corrected chi connectivity index (χ3v) is 11.5. The summed E-state index contributed by atoms with van der Waals surface area (Å²) in [7, 11) is 0. The number of esters is 2. The molecule has 0 aromatic heterocycles. The Labute approximate surface area is 362 Å². The molecule has 0 bridgehead atoms. The molecule has 0 saturated carbocycles. The second kappa shape index (κ2) is 49.7. The van der Waals surface area contributed by atoms with E-state index in [1.807, 2.05) is 0 Å². The Morgan fingerprint density at radius 2 is 0.724 bits per heavy atom. The molecule has 0 aliphatic rings. The molecule has 0 N–H and O–H groups in total. The molecule has 5 nitrogen and oxygen atoms in total. The van der Waals surface area contributed by atoms with Crippen LogP contribution in [0.3, 0.4) is 0 Å². The molecule has 0 radical (unpaired) electrons. The van der Waals surface area contributed by atoms with E-state index < -0.39 is 6.10 Å². The van der Waals surface area contributed by atoms with E-state index in [4.69, 9.17) is 14.2 Å². The summed E-state index contributed by atoms with van der Waals surface area (Å²) in [5.41, 5.74) is 0. The van der Waals surface area contributed by atoms with Crippen molar-refractivity contribution in [2.75, 3.05) is 19.8 Å². The fourth-order valence-electron chi connectivity index (χ4n) is 7.60. The number of carbonyl (C=O) groups is 2. The highest BCUT2D eigenvalue weighted by molar-refractivity contribution is 5.70. The molecule has 0 rings (SSSR count). The van der Waals surface area contributed by atoms with Crippen LogP contribution in [-0.2, 0) is 23.8 Å². The minimum atomic E-state index is -0.533. The first-order valence-electron chi connectivity index (χ1n) is 25.9. The molecule has 0 aliphatic carbocycles. The standard InChI is InChI=1S/C53H100O5/c1-4-7-10-13-16-19-22-24-26-28-30-33-36-39-42-45-48-56-49-51(58-53(55)47-44-41-38-35-31-21-18-15-12-9-6-3)50-57-52(54)46-43-40-37-34-32-29-27-25-23-20-17-14-11-8-5-2/h17,20,25,27,51H,4-16,18-19,21-24,26,28-50H2,1-3H3/b20-17-,27-25-/t51-/m1/s1. The second-order valence-corrected chi connectivity index (χ2v) is 17.4. The van der Waals surface area contributed by atoms with Gasteiger partial charge in [0.1, 0.15) is 6.61 Å². The van der Waals surface area contributed by atoms with Crippen LogP contribution in [0.15, 0.2) is 24.3 Å². The van der Waals surface area contributed by atoms with Crippen molar-refractivity contribution in [2.45, 2.75) is 284 Å². The topological polar surface area (TPSA) is 61.8 Å². The van der Waals surface area contributed by atoms with Crippen LogP contribution in [0, 0.1) is 0 Å². The lowest BCUT2D eigenvalue weighted by atomic mass is 10.0. The number of ether oxygens (including phenoxy) is 3. The highest BCUT2D eigenvalue weighted by atomic mass is 16.6. The van der Waals surface area contributed by atoms with Crippen LogP contribution in [0.1, 0.15) is 278 Å². The fraction of sp³-hybridized carbons (Fsp3) is 0.887. The van der Waals surface area contributed by atoms with Gasteiger partial charge in [-0.3, -0.25) is 9.59 Å².